The lowest BCUT2D eigenvalue weighted by Crippen LogP contribution is -2.23. The second-order valence-corrected chi connectivity index (χ2v) is 9.29. The van der Waals surface area contributed by atoms with Crippen LogP contribution in [0.25, 0.3) is 0 Å². The van der Waals surface area contributed by atoms with Crippen molar-refractivity contribution < 1.29 is 21.3 Å². The molecule has 3 rings (SSSR count). The molecule has 0 saturated heterocycles. The number of hydrogen-bond acceptors (Lipinski definition) is 5. The average Bonchev–Trinajstić information content (AvgIpc) is 3.14. The van der Waals surface area contributed by atoms with Crippen molar-refractivity contribution in [2.75, 3.05) is 4.72 Å². The quantitative estimate of drug-likeness (QED) is 0.603. The summed E-state index contributed by atoms with van der Waals surface area (Å²) in [5.41, 5.74) is 0.0933. The van der Waals surface area contributed by atoms with Gasteiger partial charge in [-0.15, -0.1) is 0 Å². The summed E-state index contributed by atoms with van der Waals surface area (Å²) in [6.07, 6.45) is 1.44. The Kier molecular flexibility index (Phi) is 5.56. The van der Waals surface area contributed by atoms with Crippen LogP contribution in [-0.4, -0.2) is 16.8 Å². The maximum Gasteiger partial charge on any atom is 0.263 e. The van der Waals surface area contributed by atoms with Crippen LogP contribution in [0.1, 0.15) is 5.76 Å². The Labute approximate surface area is 162 Å². The molecule has 2 aromatic carbocycles. The molecule has 0 aliphatic heterocycles. The SMILES string of the molecule is O=S(=O)(NCc1ccco1)c1cccc(NS(=O)(=O)c2ccccc2Cl)c1. The molecule has 142 valence electrons. The minimum Gasteiger partial charge on any atom is -0.468 e. The van der Waals surface area contributed by atoms with E-state index in [9.17, 15) is 16.8 Å². The molecular formula is C17H15ClN2O5S2. The maximum absolute atomic E-state index is 12.5. The van der Waals surface area contributed by atoms with Gasteiger partial charge in [-0.3, -0.25) is 4.72 Å². The molecule has 0 saturated carbocycles. The van der Waals surface area contributed by atoms with Crippen LogP contribution in [0.3, 0.4) is 0 Å². The van der Waals surface area contributed by atoms with E-state index in [0.29, 0.717) is 5.76 Å². The van der Waals surface area contributed by atoms with Crippen molar-refractivity contribution in [1.82, 2.24) is 4.72 Å². The van der Waals surface area contributed by atoms with Crippen LogP contribution in [0, 0.1) is 0 Å². The third-order valence-corrected chi connectivity index (χ3v) is 6.82. The summed E-state index contributed by atoms with van der Waals surface area (Å²) in [6, 6.07) is 14.7. The number of nitrogens with one attached hydrogen (secondary N) is 2. The molecule has 1 aromatic heterocycles. The number of anilines is 1. The van der Waals surface area contributed by atoms with Crippen LogP contribution >= 0.6 is 11.6 Å². The van der Waals surface area contributed by atoms with Crippen LogP contribution in [0.15, 0.2) is 81.1 Å². The Morgan fingerprint density at radius 1 is 0.889 bits per heavy atom. The van der Waals surface area contributed by atoms with Gasteiger partial charge >= 0.3 is 0 Å². The van der Waals surface area contributed by atoms with Gasteiger partial charge in [0.05, 0.1) is 28.4 Å². The highest BCUT2D eigenvalue weighted by Crippen LogP contribution is 2.24. The predicted molar refractivity (Wildman–Crippen MR) is 101 cm³/mol. The molecule has 0 atom stereocenters. The van der Waals surface area contributed by atoms with Crippen LogP contribution in [0.2, 0.25) is 5.02 Å². The van der Waals surface area contributed by atoms with Crippen molar-refractivity contribution >= 4 is 37.3 Å². The highest BCUT2D eigenvalue weighted by molar-refractivity contribution is 7.93. The van der Waals surface area contributed by atoms with E-state index in [1.165, 1.54) is 42.7 Å². The van der Waals surface area contributed by atoms with Crippen LogP contribution in [-0.2, 0) is 26.6 Å². The van der Waals surface area contributed by atoms with Crippen LogP contribution in [0.4, 0.5) is 5.69 Å². The smallest absolute Gasteiger partial charge is 0.263 e. The lowest BCUT2D eigenvalue weighted by Gasteiger charge is -2.11. The third kappa shape index (κ3) is 4.69. The number of hydrogen-bond donors (Lipinski definition) is 2. The second kappa shape index (κ2) is 7.73. The number of furan rings is 1. The molecule has 0 amide bonds. The van der Waals surface area contributed by atoms with Crippen molar-refractivity contribution in [2.24, 2.45) is 0 Å². The number of halogens is 1. The molecule has 27 heavy (non-hydrogen) atoms. The van der Waals surface area contributed by atoms with Crippen LogP contribution in [0.5, 0.6) is 0 Å². The maximum atomic E-state index is 12.5. The molecule has 2 N–H and O–H groups in total. The van der Waals surface area contributed by atoms with Crippen molar-refractivity contribution in [1.29, 1.82) is 0 Å². The van der Waals surface area contributed by atoms with E-state index in [4.69, 9.17) is 16.0 Å². The van der Waals surface area contributed by atoms with Crippen molar-refractivity contribution in [3.63, 3.8) is 0 Å². The van der Waals surface area contributed by atoms with E-state index in [1.54, 1.807) is 24.3 Å². The van der Waals surface area contributed by atoms with E-state index in [1.807, 2.05) is 0 Å². The largest absolute Gasteiger partial charge is 0.468 e. The van der Waals surface area contributed by atoms with E-state index in [0.717, 1.165) is 0 Å². The number of rotatable bonds is 7. The Hall–Kier alpha value is -2.33. The molecule has 0 spiro atoms. The van der Waals surface area contributed by atoms with Crippen molar-refractivity contribution in [2.45, 2.75) is 16.3 Å². The first kappa shape index (κ1) is 19.4. The molecule has 3 aromatic rings. The Balaban J connectivity index is 1.82. The van der Waals surface area contributed by atoms with Gasteiger partial charge in [-0.1, -0.05) is 29.8 Å². The van der Waals surface area contributed by atoms with Gasteiger partial charge in [-0.2, -0.15) is 0 Å². The Morgan fingerprint density at radius 3 is 2.37 bits per heavy atom. The van der Waals surface area contributed by atoms with Gasteiger partial charge in [0.15, 0.2) is 0 Å². The Morgan fingerprint density at radius 2 is 1.67 bits per heavy atom. The molecular weight excluding hydrogens is 412 g/mol. The lowest BCUT2D eigenvalue weighted by atomic mass is 10.3. The van der Waals surface area contributed by atoms with Gasteiger partial charge < -0.3 is 4.42 Å². The summed E-state index contributed by atoms with van der Waals surface area (Å²) in [6.45, 7) is -0.0229. The van der Waals surface area contributed by atoms with Gasteiger partial charge in [-0.05, 0) is 42.5 Å². The average molecular weight is 427 g/mol. The number of sulfonamides is 2. The second-order valence-electron chi connectivity index (χ2n) is 5.47. The molecule has 7 nitrogen and oxygen atoms in total. The molecule has 0 aliphatic carbocycles. The van der Waals surface area contributed by atoms with E-state index >= 15 is 0 Å². The zero-order valence-corrected chi connectivity index (χ0v) is 16.2. The molecule has 0 unspecified atom stereocenters. The van der Waals surface area contributed by atoms with E-state index in [-0.39, 0.29) is 27.0 Å². The minimum absolute atomic E-state index is 0.0229. The first-order chi connectivity index (χ1) is 12.8. The highest BCUT2D eigenvalue weighted by Gasteiger charge is 2.19. The van der Waals surface area contributed by atoms with Gasteiger partial charge in [0.1, 0.15) is 10.7 Å². The summed E-state index contributed by atoms with van der Waals surface area (Å²) in [5.74, 6) is 0.453. The van der Waals surface area contributed by atoms with Crippen molar-refractivity contribution in [3.05, 3.63) is 77.7 Å². The number of benzene rings is 2. The predicted octanol–water partition coefficient (Wildman–Crippen LogP) is 3.21. The highest BCUT2D eigenvalue weighted by atomic mass is 35.5. The van der Waals surface area contributed by atoms with Gasteiger partial charge in [0.25, 0.3) is 10.0 Å². The van der Waals surface area contributed by atoms with Gasteiger partial charge in [0.2, 0.25) is 10.0 Å². The zero-order valence-electron chi connectivity index (χ0n) is 13.8. The molecule has 0 radical (unpaired) electrons. The Bertz CT molecular complexity index is 1140. The topological polar surface area (TPSA) is 105 Å². The zero-order chi connectivity index (χ0) is 19.5. The first-order valence-electron chi connectivity index (χ1n) is 7.67. The van der Waals surface area contributed by atoms with Gasteiger partial charge in [0, 0.05) is 0 Å². The van der Waals surface area contributed by atoms with E-state index in [2.05, 4.69) is 9.44 Å². The summed E-state index contributed by atoms with van der Waals surface area (Å²) in [4.78, 5) is -0.190. The fourth-order valence-corrected chi connectivity index (χ4v) is 4.87. The van der Waals surface area contributed by atoms with E-state index < -0.39 is 20.0 Å². The monoisotopic (exact) mass is 426 g/mol. The van der Waals surface area contributed by atoms with Crippen LogP contribution < -0.4 is 9.44 Å². The normalized spacial score (nSPS) is 12.0. The molecule has 0 fully saturated rings. The summed E-state index contributed by atoms with van der Waals surface area (Å²) >= 11 is 5.94. The van der Waals surface area contributed by atoms with Crippen molar-refractivity contribution in [3.8, 4) is 0 Å². The lowest BCUT2D eigenvalue weighted by molar-refractivity contribution is 0.498. The standard InChI is InChI=1S/C17H15ClN2O5S2/c18-16-8-1-2-9-17(16)27(23,24)20-13-5-3-7-15(11-13)26(21,22)19-12-14-6-4-10-25-14/h1-11,19-20H,12H2. The first-order valence-corrected chi connectivity index (χ1v) is 11.0. The fourth-order valence-electron chi connectivity index (χ4n) is 2.26. The third-order valence-electron chi connectivity index (χ3n) is 3.54. The summed E-state index contributed by atoms with van der Waals surface area (Å²) in [7, 11) is -7.82. The van der Waals surface area contributed by atoms with Gasteiger partial charge in [-0.25, -0.2) is 21.6 Å². The minimum atomic E-state index is -3.97. The summed E-state index contributed by atoms with van der Waals surface area (Å²) < 4.78 is 59.6. The molecule has 10 heteroatoms. The summed E-state index contributed by atoms with van der Waals surface area (Å²) in [5, 5.41) is 0.0638. The molecule has 1 heterocycles. The fraction of sp³-hybridized carbons (Fsp3) is 0.0588. The molecule has 0 aliphatic rings. The molecule has 0 bridgehead atoms.